The Balaban J connectivity index is 2.66. The molecular weight excluding hydrogens is 266 g/mol. The molecule has 21 heavy (non-hydrogen) atoms. The first kappa shape index (κ1) is 17.0. The Bertz CT molecular complexity index is 526. The van der Waals surface area contributed by atoms with E-state index in [9.17, 15) is 9.59 Å². The van der Waals surface area contributed by atoms with Crippen molar-refractivity contribution >= 4 is 17.5 Å². The van der Waals surface area contributed by atoms with Crippen LogP contribution in [0.3, 0.4) is 0 Å². The van der Waals surface area contributed by atoms with Crippen molar-refractivity contribution in [3.63, 3.8) is 0 Å². The van der Waals surface area contributed by atoms with Gasteiger partial charge in [-0.25, -0.2) is 0 Å². The van der Waals surface area contributed by atoms with Gasteiger partial charge in [0.25, 0.3) is 0 Å². The molecule has 0 radical (unpaired) electrons. The van der Waals surface area contributed by atoms with Crippen LogP contribution in [0, 0.1) is 13.8 Å². The molecule has 5 nitrogen and oxygen atoms in total. The normalized spacial score (nSPS) is 11.7. The summed E-state index contributed by atoms with van der Waals surface area (Å²) >= 11 is 0. The van der Waals surface area contributed by atoms with Crippen LogP contribution in [0.1, 0.15) is 18.1 Å². The number of carbonyl (C=O) groups excluding carboxylic acids is 2. The SMILES string of the molecule is Cc1ccc(C)c(N(C)CC(=O)NC(C)C(=O)N(C)C)c1. The van der Waals surface area contributed by atoms with E-state index in [4.69, 9.17) is 0 Å². The Hall–Kier alpha value is -2.04. The molecular formula is C16H25N3O2. The second-order valence-electron chi connectivity index (χ2n) is 5.67. The quantitative estimate of drug-likeness (QED) is 0.890. The molecule has 1 unspecified atom stereocenters. The van der Waals surface area contributed by atoms with Gasteiger partial charge in [0.1, 0.15) is 6.04 Å². The third kappa shape index (κ3) is 4.77. The number of nitrogens with zero attached hydrogens (tertiary/aromatic N) is 2. The maximum atomic E-state index is 12.0. The van der Waals surface area contributed by atoms with Crippen molar-refractivity contribution in [2.75, 3.05) is 32.6 Å². The summed E-state index contributed by atoms with van der Waals surface area (Å²) < 4.78 is 0. The lowest BCUT2D eigenvalue weighted by Crippen LogP contribution is -2.47. The van der Waals surface area contributed by atoms with Gasteiger partial charge in [-0.2, -0.15) is 0 Å². The molecule has 0 saturated heterocycles. The van der Waals surface area contributed by atoms with Crippen molar-refractivity contribution in [2.45, 2.75) is 26.8 Å². The number of aryl methyl sites for hydroxylation is 2. The van der Waals surface area contributed by atoms with Crippen LogP contribution in [0.15, 0.2) is 18.2 Å². The standard InChI is InChI=1S/C16H25N3O2/c1-11-7-8-12(2)14(9-11)19(6)10-15(20)17-13(3)16(21)18(4)5/h7-9,13H,10H2,1-6H3,(H,17,20). The van der Waals surface area contributed by atoms with Crippen LogP contribution in [-0.4, -0.2) is 50.4 Å². The molecule has 0 aliphatic carbocycles. The van der Waals surface area contributed by atoms with Gasteiger partial charge in [0.2, 0.25) is 11.8 Å². The Morgan fingerprint density at radius 3 is 2.38 bits per heavy atom. The molecule has 1 N–H and O–H groups in total. The van der Waals surface area contributed by atoms with Crippen molar-refractivity contribution in [1.29, 1.82) is 0 Å². The molecule has 0 aliphatic rings. The Kier molecular flexibility index (Phi) is 5.76. The Morgan fingerprint density at radius 1 is 1.19 bits per heavy atom. The fourth-order valence-corrected chi connectivity index (χ4v) is 2.17. The molecule has 0 aromatic heterocycles. The number of amides is 2. The van der Waals surface area contributed by atoms with Crippen LogP contribution in [0.5, 0.6) is 0 Å². The number of hydrogen-bond donors (Lipinski definition) is 1. The van der Waals surface area contributed by atoms with Crippen molar-refractivity contribution in [2.24, 2.45) is 0 Å². The van der Waals surface area contributed by atoms with Crippen LogP contribution < -0.4 is 10.2 Å². The number of carbonyl (C=O) groups is 2. The van der Waals surface area contributed by atoms with Crippen molar-refractivity contribution in [1.82, 2.24) is 10.2 Å². The van der Waals surface area contributed by atoms with Gasteiger partial charge in [-0.1, -0.05) is 12.1 Å². The molecule has 1 rings (SSSR count). The minimum absolute atomic E-state index is 0.113. The molecule has 0 saturated carbocycles. The van der Waals surface area contributed by atoms with Crippen LogP contribution in [0.2, 0.25) is 0 Å². The molecule has 1 aromatic rings. The van der Waals surface area contributed by atoms with E-state index in [-0.39, 0.29) is 18.4 Å². The van der Waals surface area contributed by atoms with Crippen LogP contribution in [-0.2, 0) is 9.59 Å². The van der Waals surface area contributed by atoms with E-state index in [1.807, 2.05) is 37.9 Å². The first-order valence-electron chi connectivity index (χ1n) is 7.01. The summed E-state index contributed by atoms with van der Waals surface area (Å²) in [7, 11) is 5.22. The summed E-state index contributed by atoms with van der Waals surface area (Å²) in [5.41, 5.74) is 3.30. The molecule has 0 heterocycles. The highest BCUT2D eigenvalue weighted by Crippen LogP contribution is 2.19. The fraction of sp³-hybridized carbons (Fsp3) is 0.500. The zero-order valence-electron chi connectivity index (χ0n) is 13.7. The fourth-order valence-electron chi connectivity index (χ4n) is 2.17. The van der Waals surface area contributed by atoms with E-state index < -0.39 is 6.04 Å². The van der Waals surface area contributed by atoms with Gasteiger partial charge >= 0.3 is 0 Å². The Labute approximate surface area is 126 Å². The Morgan fingerprint density at radius 2 is 1.81 bits per heavy atom. The average Bonchev–Trinajstić information content (AvgIpc) is 2.39. The second kappa shape index (κ2) is 7.11. The maximum absolute atomic E-state index is 12.0. The molecule has 0 fully saturated rings. The average molecular weight is 291 g/mol. The van der Waals surface area contributed by atoms with E-state index in [0.29, 0.717) is 0 Å². The second-order valence-corrected chi connectivity index (χ2v) is 5.67. The highest BCUT2D eigenvalue weighted by Gasteiger charge is 2.18. The molecule has 116 valence electrons. The molecule has 0 spiro atoms. The predicted molar refractivity (Wildman–Crippen MR) is 85.5 cm³/mol. The summed E-state index contributed by atoms with van der Waals surface area (Å²) in [6, 6.07) is 5.62. The minimum Gasteiger partial charge on any atom is -0.365 e. The van der Waals surface area contributed by atoms with Gasteiger partial charge in [-0.05, 0) is 38.0 Å². The summed E-state index contributed by atoms with van der Waals surface area (Å²) in [5.74, 6) is -0.279. The zero-order chi connectivity index (χ0) is 16.2. The van der Waals surface area contributed by atoms with Gasteiger partial charge in [-0.3, -0.25) is 9.59 Å². The number of anilines is 1. The highest BCUT2D eigenvalue weighted by atomic mass is 16.2. The lowest BCUT2D eigenvalue weighted by atomic mass is 10.1. The summed E-state index contributed by atoms with van der Waals surface area (Å²) in [4.78, 5) is 27.1. The van der Waals surface area contributed by atoms with Crippen LogP contribution >= 0.6 is 0 Å². The van der Waals surface area contributed by atoms with Crippen molar-refractivity contribution in [3.8, 4) is 0 Å². The number of hydrogen-bond acceptors (Lipinski definition) is 3. The number of likely N-dealkylation sites (N-methyl/N-ethyl adjacent to an activating group) is 2. The predicted octanol–water partition coefficient (Wildman–Crippen LogP) is 1.33. The van der Waals surface area contributed by atoms with E-state index >= 15 is 0 Å². The van der Waals surface area contributed by atoms with E-state index in [0.717, 1.165) is 16.8 Å². The monoisotopic (exact) mass is 291 g/mol. The van der Waals surface area contributed by atoms with E-state index in [2.05, 4.69) is 11.4 Å². The summed E-state index contributed by atoms with van der Waals surface area (Å²) in [6.45, 7) is 5.95. The lowest BCUT2D eigenvalue weighted by molar-refractivity contribution is -0.133. The van der Waals surface area contributed by atoms with E-state index in [1.54, 1.807) is 21.0 Å². The molecule has 5 heteroatoms. The molecule has 0 bridgehead atoms. The molecule has 1 aromatic carbocycles. The summed E-state index contributed by atoms with van der Waals surface area (Å²) in [6.07, 6.45) is 0. The molecule has 2 amide bonds. The zero-order valence-corrected chi connectivity index (χ0v) is 13.7. The van der Waals surface area contributed by atoms with Gasteiger partial charge < -0.3 is 15.1 Å². The number of benzene rings is 1. The maximum Gasteiger partial charge on any atom is 0.244 e. The first-order valence-corrected chi connectivity index (χ1v) is 7.01. The first-order chi connectivity index (χ1) is 9.72. The van der Waals surface area contributed by atoms with Crippen molar-refractivity contribution in [3.05, 3.63) is 29.3 Å². The highest BCUT2D eigenvalue weighted by molar-refractivity contribution is 5.89. The number of nitrogens with one attached hydrogen (secondary N) is 1. The summed E-state index contributed by atoms with van der Waals surface area (Å²) in [5, 5.41) is 2.72. The number of rotatable bonds is 5. The van der Waals surface area contributed by atoms with Gasteiger partial charge in [-0.15, -0.1) is 0 Å². The van der Waals surface area contributed by atoms with Gasteiger partial charge in [0.15, 0.2) is 0 Å². The minimum atomic E-state index is -0.514. The van der Waals surface area contributed by atoms with Crippen LogP contribution in [0.25, 0.3) is 0 Å². The smallest absolute Gasteiger partial charge is 0.244 e. The van der Waals surface area contributed by atoms with Crippen LogP contribution in [0.4, 0.5) is 5.69 Å². The largest absolute Gasteiger partial charge is 0.365 e. The van der Waals surface area contributed by atoms with Gasteiger partial charge in [0, 0.05) is 26.8 Å². The topological polar surface area (TPSA) is 52.7 Å². The van der Waals surface area contributed by atoms with Gasteiger partial charge in [0.05, 0.1) is 6.54 Å². The lowest BCUT2D eigenvalue weighted by Gasteiger charge is -2.23. The third-order valence-electron chi connectivity index (χ3n) is 3.35. The van der Waals surface area contributed by atoms with E-state index in [1.165, 1.54) is 4.90 Å². The molecule has 0 aliphatic heterocycles. The third-order valence-corrected chi connectivity index (χ3v) is 3.35. The molecule has 1 atom stereocenters. The van der Waals surface area contributed by atoms with Crippen molar-refractivity contribution < 1.29 is 9.59 Å².